The van der Waals surface area contributed by atoms with Crippen LogP contribution in [0.3, 0.4) is 0 Å². The van der Waals surface area contributed by atoms with Crippen LogP contribution in [0, 0.1) is 0 Å². The molecule has 8 rings (SSSR count). The van der Waals surface area contributed by atoms with Gasteiger partial charge in [-0.1, -0.05) is 41.9 Å². The molecule has 0 radical (unpaired) electrons. The van der Waals surface area contributed by atoms with E-state index >= 15 is 0 Å². The lowest BCUT2D eigenvalue weighted by Crippen LogP contribution is -2.06. The number of anilines is 2. The molecule has 0 aliphatic carbocycles. The van der Waals surface area contributed by atoms with Crippen molar-refractivity contribution in [2.45, 2.75) is 19.9 Å². The third-order valence-electron chi connectivity index (χ3n) is 8.85. The summed E-state index contributed by atoms with van der Waals surface area (Å²) >= 11 is 13.5. The minimum atomic E-state index is 0.254. The zero-order valence-corrected chi connectivity index (χ0v) is 30.8. The summed E-state index contributed by atoms with van der Waals surface area (Å²) in [6.07, 6.45) is 9.41. The Morgan fingerprint density at radius 2 is 1.44 bits per heavy atom. The van der Waals surface area contributed by atoms with Crippen LogP contribution >= 0.6 is 23.2 Å². The van der Waals surface area contributed by atoms with E-state index in [0.717, 1.165) is 27.5 Å². The number of allylic oxidation sites excluding steroid dienone is 2. The summed E-state index contributed by atoms with van der Waals surface area (Å²) in [7, 11) is 1.84. The molecule has 0 saturated heterocycles. The second-order valence-electron chi connectivity index (χ2n) is 12.9. The Morgan fingerprint density at radius 3 is 2.15 bits per heavy atom. The van der Waals surface area contributed by atoms with Crippen LogP contribution in [-0.2, 0) is 20.0 Å². The molecule has 266 valence electrons. The number of nitrogen functional groups attached to an aromatic ring is 2. The lowest BCUT2D eigenvalue weighted by Gasteiger charge is -2.13. The van der Waals surface area contributed by atoms with Gasteiger partial charge in [-0.05, 0) is 66.6 Å². The van der Waals surface area contributed by atoms with Gasteiger partial charge >= 0.3 is 0 Å². The summed E-state index contributed by atoms with van der Waals surface area (Å²) in [4.78, 5) is 28.5. The number of aromatic nitrogens is 10. The first-order valence-electron chi connectivity index (χ1n) is 16.8. The number of halogens is 2. The van der Waals surface area contributed by atoms with E-state index in [1.165, 1.54) is 0 Å². The van der Waals surface area contributed by atoms with Crippen LogP contribution in [0.5, 0.6) is 0 Å². The first-order chi connectivity index (χ1) is 26.1. The third-order valence-corrected chi connectivity index (χ3v) is 9.42. The molecule has 0 spiro atoms. The quantitative estimate of drug-likeness (QED) is 0.137. The fourth-order valence-corrected chi connectivity index (χ4v) is 6.91. The van der Waals surface area contributed by atoms with E-state index in [-0.39, 0.29) is 5.82 Å². The van der Waals surface area contributed by atoms with Crippen LogP contribution in [0.25, 0.3) is 72.7 Å². The highest BCUT2D eigenvalue weighted by Crippen LogP contribution is 2.37. The van der Waals surface area contributed by atoms with E-state index in [9.17, 15) is 0 Å². The van der Waals surface area contributed by atoms with E-state index < -0.39 is 0 Å². The molecular weight excluding hydrogens is 719 g/mol. The number of aryl methyl sites for hydroxylation is 1. The van der Waals surface area contributed by atoms with Gasteiger partial charge < -0.3 is 11.5 Å². The highest BCUT2D eigenvalue weighted by atomic mass is 35.5. The van der Waals surface area contributed by atoms with Crippen molar-refractivity contribution in [2.75, 3.05) is 11.5 Å². The fourth-order valence-electron chi connectivity index (χ4n) is 6.36. The topological polar surface area (TPSA) is 165 Å². The number of nitrogens with zero attached hydrogens (tertiary/aromatic N) is 10. The molecule has 14 heteroatoms. The lowest BCUT2D eigenvalue weighted by molar-refractivity contribution is 0.687. The number of fused-ring (bicyclic) bond motifs is 2. The Hall–Kier alpha value is -6.50. The van der Waals surface area contributed by atoms with Gasteiger partial charge in [-0.3, -0.25) is 19.3 Å². The summed E-state index contributed by atoms with van der Waals surface area (Å²) in [6.45, 7) is 10.1. The molecule has 0 amide bonds. The first-order valence-corrected chi connectivity index (χ1v) is 17.6. The van der Waals surface area contributed by atoms with Gasteiger partial charge in [0.2, 0.25) is 0 Å². The molecule has 6 heterocycles. The predicted octanol–water partition coefficient (Wildman–Crippen LogP) is 8.24. The SMILES string of the molecule is C=CCc1nc(-c2cc(Cl)c3ncc(Cn4ccc(-c5nc(N)c(C(=C)C)nc5-c5cc(Cl)c6ncccc6c5)n4)cc3c2)c(-c2ccn(C)n2)nc1N. The highest BCUT2D eigenvalue weighted by molar-refractivity contribution is 6.36. The van der Waals surface area contributed by atoms with Gasteiger partial charge in [0.15, 0.2) is 5.82 Å². The first kappa shape index (κ1) is 34.6. The molecule has 4 N–H and O–H groups in total. The van der Waals surface area contributed by atoms with Crippen molar-refractivity contribution in [3.63, 3.8) is 0 Å². The van der Waals surface area contributed by atoms with Crippen LogP contribution in [0.2, 0.25) is 10.0 Å². The van der Waals surface area contributed by atoms with Crippen molar-refractivity contribution in [1.82, 2.24) is 49.5 Å². The molecular formula is C40H32Cl2N12. The Morgan fingerprint density at radius 1 is 0.778 bits per heavy atom. The Bertz CT molecular complexity index is 2800. The molecule has 0 bridgehead atoms. The minimum Gasteiger partial charge on any atom is -0.382 e. The van der Waals surface area contributed by atoms with E-state index in [2.05, 4.69) is 23.2 Å². The van der Waals surface area contributed by atoms with E-state index in [1.54, 1.807) is 27.8 Å². The van der Waals surface area contributed by atoms with Crippen molar-refractivity contribution in [2.24, 2.45) is 7.05 Å². The predicted molar refractivity (Wildman–Crippen MR) is 216 cm³/mol. The monoisotopic (exact) mass is 750 g/mol. The Labute approximate surface area is 319 Å². The Kier molecular flexibility index (Phi) is 8.84. The molecule has 0 saturated carbocycles. The summed E-state index contributed by atoms with van der Waals surface area (Å²) in [5.74, 6) is 0.573. The van der Waals surface area contributed by atoms with Gasteiger partial charge in [0.1, 0.15) is 34.3 Å². The standard InChI is InChI=1S/C40H32Cl2N12/c1-5-7-31-39(43)49-37(29-9-12-53(4)51-29)35(47-31)26-16-24-14-22(19-46-34(24)28(42)18-26)20-54-13-10-30(52-54)38-36(48-32(21(2)3)40(44)50-38)25-15-23-8-6-11-45-33(23)27(41)17-25/h5-6,8-19H,1-2,7,20H2,3-4H3,(H2,43,49)(H2,44,50). The lowest BCUT2D eigenvalue weighted by atomic mass is 10.0. The van der Waals surface area contributed by atoms with Gasteiger partial charge in [0.05, 0.1) is 44.7 Å². The average Bonchev–Trinajstić information content (AvgIpc) is 3.81. The smallest absolute Gasteiger partial charge is 0.150 e. The average molecular weight is 752 g/mol. The Balaban J connectivity index is 1.17. The van der Waals surface area contributed by atoms with Gasteiger partial charge in [-0.15, -0.1) is 6.58 Å². The zero-order chi connectivity index (χ0) is 37.7. The van der Waals surface area contributed by atoms with Gasteiger partial charge in [0, 0.05) is 60.2 Å². The van der Waals surface area contributed by atoms with Crippen molar-refractivity contribution in [1.29, 1.82) is 0 Å². The summed E-state index contributed by atoms with van der Waals surface area (Å²) < 4.78 is 3.51. The van der Waals surface area contributed by atoms with Crippen LogP contribution in [0.1, 0.15) is 23.9 Å². The zero-order valence-electron chi connectivity index (χ0n) is 29.3. The fraction of sp³-hybridized carbons (Fsp3) is 0.100. The minimum absolute atomic E-state index is 0.254. The van der Waals surface area contributed by atoms with Crippen LogP contribution in [-0.4, -0.2) is 49.5 Å². The second-order valence-corrected chi connectivity index (χ2v) is 13.7. The molecule has 54 heavy (non-hydrogen) atoms. The van der Waals surface area contributed by atoms with Crippen LogP contribution in [0.4, 0.5) is 11.6 Å². The third kappa shape index (κ3) is 6.42. The highest BCUT2D eigenvalue weighted by Gasteiger charge is 2.21. The molecule has 0 atom stereocenters. The van der Waals surface area contributed by atoms with Gasteiger partial charge in [-0.2, -0.15) is 10.2 Å². The van der Waals surface area contributed by atoms with E-state index in [0.29, 0.717) is 91.0 Å². The molecule has 2 aromatic carbocycles. The largest absolute Gasteiger partial charge is 0.382 e. The number of hydrogen-bond acceptors (Lipinski definition) is 10. The molecule has 0 aliphatic heterocycles. The van der Waals surface area contributed by atoms with Crippen LogP contribution in [0.15, 0.2) is 98.6 Å². The maximum atomic E-state index is 6.85. The van der Waals surface area contributed by atoms with Gasteiger partial charge in [0.25, 0.3) is 0 Å². The van der Waals surface area contributed by atoms with Crippen molar-refractivity contribution < 1.29 is 0 Å². The molecule has 0 fully saturated rings. The maximum Gasteiger partial charge on any atom is 0.150 e. The van der Waals surface area contributed by atoms with E-state index in [4.69, 9.17) is 64.7 Å². The number of benzene rings is 2. The number of rotatable bonds is 9. The molecule has 8 aromatic rings. The number of pyridine rings is 2. The molecule has 6 aromatic heterocycles. The summed E-state index contributed by atoms with van der Waals surface area (Å²) in [5.41, 5.74) is 21.7. The van der Waals surface area contributed by atoms with Gasteiger partial charge in [-0.25, -0.2) is 19.9 Å². The maximum absolute atomic E-state index is 6.85. The van der Waals surface area contributed by atoms with E-state index in [1.807, 2.05) is 81.0 Å². The van der Waals surface area contributed by atoms with Crippen molar-refractivity contribution >= 4 is 62.2 Å². The number of nitrogens with two attached hydrogens (primary N) is 2. The normalized spacial score (nSPS) is 11.4. The van der Waals surface area contributed by atoms with Crippen LogP contribution < -0.4 is 11.5 Å². The molecule has 12 nitrogen and oxygen atoms in total. The van der Waals surface area contributed by atoms with Crippen molar-refractivity contribution in [3.8, 4) is 45.3 Å². The second kappa shape index (κ2) is 13.8. The molecule has 0 unspecified atom stereocenters. The summed E-state index contributed by atoms with van der Waals surface area (Å²) in [5, 5.41) is 12.1. The summed E-state index contributed by atoms with van der Waals surface area (Å²) in [6, 6.07) is 17.2. The molecule has 0 aliphatic rings. The van der Waals surface area contributed by atoms with Crippen molar-refractivity contribution in [3.05, 3.63) is 126 Å². The number of hydrogen-bond donors (Lipinski definition) is 2.